The number of anilines is 1. The molecule has 0 aliphatic carbocycles. The van der Waals surface area contributed by atoms with Gasteiger partial charge in [-0.25, -0.2) is 4.79 Å². The highest BCUT2D eigenvalue weighted by Crippen LogP contribution is 2.36. The van der Waals surface area contributed by atoms with Gasteiger partial charge in [0.05, 0.1) is 12.7 Å². The number of hydrogen-bond donors (Lipinski definition) is 2. The summed E-state index contributed by atoms with van der Waals surface area (Å²) in [6, 6.07) is 0. The SMILES string of the molecule is CCCCC(=O)Nc1sc2c(c1C(=O)OC)CCNC2. The highest BCUT2D eigenvalue weighted by atomic mass is 32.1. The second-order valence-electron chi connectivity index (χ2n) is 4.78. The lowest BCUT2D eigenvalue weighted by atomic mass is 10.0. The molecular formula is C14H20N2O3S. The van der Waals surface area contributed by atoms with Gasteiger partial charge in [0.2, 0.25) is 5.91 Å². The number of esters is 1. The summed E-state index contributed by atoms with van der Waals surface area (Å²) in [5.74, 6) is -0.404. The average Bonchev–Trinajstić information content (AvgIpc) is 2.82. The molecule has 1 aromatic heterocycles. The maximum Gasteiger partial charge on any atom is 0.341 e. The lowest BCUT2D eigenvalue weighted by molar-refractivity contribution is -0.116. The van der Waals surface area contributed by atoms with Crippen molar-refractivity contribution in [3.63, 3.8) is 0 Å². The molecule has 0 aromatic carbocycles. The zero-order chi connectivity index (χ0) is 14.5. The van der Waals surface area contributed by atoms with Gasteiger partial charge in [0.15, 0.2) is 0 Å². The Hall–Kier alpha value is -1.40. The molecule has 0 radical (unpaired) electrons. The van der Waals surface area contributed by atoms with Gasteiger partial charge in [0.1, 0.15) is 5.00 Å². The number of carbonyl (C=O) groups is 2. The van der Waals surface area contributed by atoms with Crippen LogP contribution in [0.3, 0.4) is 0 Å². The van der Waals surface area contributed by atoms with Crippen LogP contribution in [0.4, 0.5) is 5.00 Å². The molecule has 20 heavy (non-hydrogen) atoms. The van der Waals surface area contributed by atoms with Crippen molar-refractivity contribution >= 4 is 28.2 Å². The van der Waals surface area contributed by atoms with Crippen molar-refractivity contribution in [2.45, 2.75) is 39.2 Å². The van der Waals surface area contributed by atoms with Crippen molar-refractivity contribution in [3.8, 4) is 0 Å². The molecule has 0 saturated heterocycles. The number of rotatable bonds is 5. The molecule has 6 heteroatoms. The fourth-order valence-corrected chi connectivity index (χ4v) is 3.49. The minimum atomic E-state index is -0.366. The predicted octanol–water partition coefficient (Wildman–Crippen LogP) is 2.31. The monoisotopic (exact) mass is 296 g/mol. The highest BCUT2D eigenvalue weighted by Gasteiger charge is 2.26. The molecule has 5 nitrogen and oxygen atoms in total. The van der Waals surface area contributed by atoms with Gasteiger partial charge >= 0.3 is 5.97 Å². The third kappa shape index (κ3) is 3.19. The van der Waals surface area contributed by atoms with E-state index in [2.05, 4.69) is 10.6 Å². The molecule has 1 aliphatic heterocycles. The topological polar surface area (TPSA) is 67.4 Å². The molecule has 0 unspecified atom stereocenters. The highest BCUT2D eigenvalue weighted by molar-refractivity contribution is 7.17. The number of nitrogens with one attached hydrogen (secondary N) is 2. The number of thiophene rings is 1. The minimum absolute atomic E-state index is 0.0384. The van der Waals surface area contributed by atoms with Crippen LogP contribution in [0.25, 0.3) is 0 Å². The second-order valence-corrected chi connectivity index (χ2v) is 5.88. The summed E-state index contributed by atoms with van der Waals surface area (Å²) in [6.45, 7) is 3.63. The Morgan fingerprint density at radius 1 is 1.45 bits per heavy atom. The van der Waals surface area contributed by atoms with E-state index >= 15 is 0 Å². The smallest absolute Gasteiger partial charge is 0.341 e. The summed E-state index contributed by atoms with van der Waals surface area (Å²) in [7, 11) is 1.37. The van der Waals surface area contributed by atoms with E-state index in [1.807, 2.05) is 6.92 Å². The first-order valence-corrected chi connectivity index (χ1v) is 7.72. The third-order valence-electron chi connectivity index (χ3n) is 3.33. The number of unbranched alkanes of at least 4 members (excludes halogenated alkanes) is 1. The van der Waals surface area contributed by atoms with Crippen molar-refractivity contribution in [1.82, 2.24) is 5.32 Å². The average molecular weight is 296 g/mol. The Morgan fingerprint density at radius 2 is 2.25 bits per heavy atom. The fraction of sp³-hybridized carbons (Fsp3) is 0.571. The number of hydrogen-bond acceptors (Lipinski definition) is 5. The van der Waals surface area contributed by atoms with Gasteiger partial charge in [0.25, 0.3) is 0 Å². The van der Waals surface area contributed by atoms with Gasteiger partial charge in [0, 0.05) is 17.8 Å². The number of amides is 1. The number of fused-ring (bicyclic) bond motifs is 1. The summed E-state index contributed by atoms with van der Waals surface area (Å²) >= 11 is 1.47. The first-order chi connectivity index (χ1) is 9.67. The Labute approximate surface area is 122 Å². The Morgan fingerprint density at radius 3 is 2.95 bits per heavy atom. The molecule has 0 bridgehead atoms. The van der Waals surface area contributed by atoms with Crippen LogP contribution in [0.2, 0.25) is 0 Å². The first-order valence-electron chi connectivity index (χ1n) is 6.90. The largest absolute Gasteiger partial charge is 0.465 e. The van der Waals surface area contributed by atoms with Crippen LogP contribution in [-0.4, -0.2) is 25.5 Å². The standard InChI is InChI=1S/C14H20N2O3S/c1-3-4-5-11(17)16-13-12(14(18)19-2)9-6-7-15-8-10(9)20-13/h15H,3-8H2,1-2H3,(H,16,17). The van der Waals surface area contributed by atoms with Crippen LogP contribution in [0.5, 0.6) is 0 Å². The summed E-state index contributed by atoms with van der Waals surface area (Å²) < 4.78 is 4.86. The molecule has 110 valence electrons. The molecule has 0 atom stereocenters. The van der Waals surface area contributed by atoms with Gasteiger partial charge in [-0.15, -0.1) is 11.3 Å². The van der Waals surface area contributed by atoms with Crippen LogP contribution in [0, 0.1) is 0 Å². The molecule has 0 fully saturated rings. The Bertz CT molecular complexity index is 511. The zero-order valence-corrected chi connectivity index (χ0v) is 12.7. The van der Waals surface area contributed by atoms with Gasteiger partial charge in [-0.3, -0.25) is 4.79 Å². The molecule has 2 heterocycles. The molecule has 1 aliphatic rings. The van der Waals surface area contributed by atoms with Crippen molar-refractivity contribution < 1.29 is 14.3 Å². The summed E-state index contributed by atoms with van der Waals surface area (Å²) in [5, 5.41) is 6.77. The van der Waals surface area contributed by atoms with E-state index in [1.165, 1.54) is 18.4 Å². The normalized spacial score (nSPS) is 13.7. The van der Waals surface area contributed by atoms with Crippen LogP contribution >= 0.6 is 11.3 Å². The molecule has 1 amide bonds. The van der Waals surface area contributed by atoms with Gasteiger partial charge < -0.3 is 15.4 Å². The third-order valence-corrected chi connectivity index (χ3v) is 4.48. The molecule has 1 aromatic rings. The maximum absolute atomic E-state index is 12.0. The molecule has 0 spiro atoms. The van der Waals surface area contributed by atoms with E-state index in [4.69, 9.17) is 4.74 Å². The van der Waals surface area contributed by atoms with E-state index in [1.54, 1.807) is 0 Å². The molecular weight excluding hydrogens is 276 g/mol. The number of carbonyl (C=O) groups excluding carboxylic acids is 2. The lowest BCUT2D eigenvalue weighted by Gasteiger charge is -2.13. The molecule has 2 rings (SSSR count). The van der Waals surface area contributed by atoms with Crippen molar-refractivity contribution in [1.29, 1.82) is 0 Å². The second kappa shape index (κ2) is 6.85. The van der Waals surface area contributed by atoms with Crippen LogP contribution < -0.4 is 10.6 Å². The van der Waals surface area contributed by atoms with Crippen LogP contribution in [0.1, 0.15) is 47.0 Å². The van der Waals surface area contributed by atoms with Gasteiger partial charge in [-0.2, -0.15) is 0 Å². The van der Waals surface area contributed by atoms with Crippen molar-refractivity contribution in [3.05, 3.63) is 16.0 Å². The van der Waals surface area contributed by atoms with Crippen LogP contribution in [0.15, 0.2) is 0 Å². The quantitative estimate of drug-likeness (QED) is 0.818. The van der Waals surface area contributed by atoms with E-state index < -0.39 is 0 Å². The zero-order valence-electron chi connectivity index (χ0n) is 11.9. The molecule has 2 N–H and O–H groups in total. The lowest BCUT2D eigenvalue weighted by Crippen LogP contribution is -2.23. The Kier molecular flexibility index (Phi) is 5.14. The minimum Gasteiger partial charge on any atom is -0.465 e. The van der Waals surface area contributed by atoms with E-state index in [9.17, 15) is 9.59 Å². The van der Waals surface area contributed by atoms with E-state index in [0.717, 1.165) is 42.8 Å². The van der Waals surface area contributed by atoms with Crippen LogP contribution in [-0.2, 0) is 22.5 Å². The van der Waals surface area contributed by atoms with Crippen molar-refractivity contribution in [2.75, 3.05) is 19.0 Å². The summed E-state index contributed by atoms with van der Waals surface area (Å²) in [4.78, 5) is 25.0. The fourth-order valence-electron chi connectivity index (χ4n) is 2.27. The predicted molar refractivity (Wildman–Crippen MR) is 79.2 cm³/mol. The van der Waals surface area contributed by atoms with Gasteiger partial charge in [-0.1, -0.05) is 13.3 Å². The maximum atomic E-state index is 12.0. The van der Waals surface area contributed by atoms with E-state index in [-0.39, 0.29) is 11.9 Å². The Balaban J connectivity index is 2.25. The summed E-state index contributed by atoms with van der Waals surface area (Å²) in [5.41, 5.74) is 1.56. The summed E-state index contributed by atoms with van der Waals surface area (Å²) in [6.07, 6.45) is 3.10. The van der Waals surface area contributed by atoms with Gasteiger partial charge in [-0.05, 0) is 24.9 Å². The molecule has 0 saturated carbocycles. The van der Waals surface area contributed by atoms with Crippen molar-refractivity contribution in [2.24, 2.45) is 0 Å². The first kappa shape index (κ1) is 15.0. The number of methoxy groups -OCH3 is 1. The van der Waals surface area contributed by atoms with E-state index in [0.29, 0.717) is 17.0 Å². The number of ether oxygens (including phenoxy) is 1.